The molecule has 0 heterocycles. The molecule has 1 unspecified atom stereocenters. The summed E-state index contributed by atoms with van der Waals surface area (Å²) in [6.45, 7) is 10.4. The van der Waals surface area contributed by atoms with Crippen LogP contribution in [0, 0.1) is 17.9 Å². The van der Waals surface area contributed by atoms with Crippen LogP contribution in [0.25, 0.3) is 0 Å². The largest absolute Gasteiger partial charge is 0.394 e. The minimum Gasteiger partial charge on any atom is -0.394 e. The Kier molecular flexibility index (Phi) is 8.27. The molecule has 1 aliphatic rings. The molecule has 0 spiro atoms. The highest BCUT2D eigenvalue weighted by atomic mass is 28.4. The lowest BCUT2D eigenvalue weighted by Gasteiger charge is -2.33. The molecule has 0 aromatic heterocycles. The fraction of sp³-hybridized carbons (Fsp3) is 0.938. The summed E-state index contributed by atoms with van der Waals surface area (Å²) >= 11 is 0. The van der Waals surface area contributed by atoms with E-state index in [9.17, 15) is 0 Å². The predicted octanol–water partition coefficient (Wildman–Crippen LogP) is 4.87. The minimum atomic E-state index is -2.06. The summed E-state index contributed by atoms with van der Waals surface area (Å²) in [6.07, 6.45) is 7.92. The van der Waals surface area contributed by atoms with Crippen LogP contribution < -0.4 is 0 Å². The molecule has 0 bridgehead atoms. The number of hydrogen-bond acceptors (Lipinski definition) is 2. The van der Waals surface area contributed by atoms with Crippen LogP contribution in [0.3, 0.4) is 0 Å². The molecule has 113 valence electrons. The average Bonchev–Trinajstić information content (AvgIpc) is 3.19. The van der Waals surface area contributed by atoms with Gasteiger partial charge in [-0.05, 0) is 31.7 Å². The van der Waals surface area contributed by atoms with Crippen molar-refractivity contribution in [3.63, 3.8) is 0 Å². The summed E-state index contributed by atoms with van der Waals surface area (Å²) in [5, 5.41) is 0. The molecule has 1 saturated carbocycles. The zero-order valence-corrected chi connectivity index (χ0v) is 14.4. The summed E-state index contributed by atoms with van der Waals surface area (Å²) in [6, 6.07) is 3.66. The highest BCUT2D eigenvalue weighted by Crippen LogP contribution is 2.39. The molecule has 1 aliphatic carbocycles. The Morgan fingerprint density at radius 1 is 1.11 bits per heavy atom. The number of hydrogen-bond donors (Lipinski definition) is 0. The molecular formula is C16H33O2Si. The van der Waals surface area contributed by atoms with Gasteiger partial charge in [0.05, 0.1) is 0 Å². The van der Waals surface area contributed by atoms with Crippen molar-refractivity contribution in [2.45, 2.75) is 72.3 Å². The molecule has 3 heteroatoms. The molecule has 0 aromatic carbocycles. The molecule has 19 heavy (non-hydrogen) atoms. The van der Waals surface area contributed by atoms with Crippen LogP contribution in [0.2, 0.25) is 6.04 Å². The third kappa shape index (κ3) is 6.41. The summed E-state index contributed by atoms with van der Waals surface area (Å²) < 4.78 is 12.4. The second-order valence-corrected chi connectivity index (χ2v) is 8.75. The first kappa shape index (κ1) is 17.2. The first-order valence-electron chi connectivity index (χ1n) is 8.33. The molecule has 1 radical (unpaired) electrons. The molecule has 0 amide bonds. The van der Waals surface area contributed by atoms with Crippen molar-refractivity contribution in [2.24, 2.45) is 11.8 Å². The fourth-order valence-corrected chi connectivity index (χ4v) is 6.75. The maximum absolute atomic E-state index is 6.19. The first-order valence-corrected chi connectivity index (χ1v) is 10.4. The molecule has 0 aliphatic heterocycles. The summed E-state index contributed by atoms with van der Waals surface area (Å²) in [5.41, 5.74) is 0. The van der Waals surface area contributed by atoms with Crippen molar-refractivity contribution in [3.05, 3.63) is 6.04 Å². The number of unbranched alkanes of at least 4 members (excludes halogenated alkanes) is 1. The Labute approximate surface area is 121 Å². The second-order valence-electron chi connectivity index (χ2n) is 5.80. The van der Waals surface area contributed by atoms with E-state index in [0.29, 0.717) is 0 Å². The lowest BCUT2D eigenvalue weighted by atomic mass is 10.0. The van der Waals surface area contributed by atoms with E-state index < -0.39 is 8.56 Å². The Balaban J connectivity index is 2.61. The molecule has 1 atom stereocenters. The van der Waals surface area contributed by atoms with Gasteiger partial charge in [0.2, 0.25) is 0 Å². The van der Waals surface area contributed by atoms with Crippen LogP contribution in [0.1, 0.15) is 66.2 Å². The van der Waals surface area contributed by atoms with E-state index in [4.69, 9.17) is 8.85 Å². The van der Waals surface area contributed by atoms with Gasteiger partial charge in [0.1, 0.15) is 0 Å². The van der Waals surface area contributed by atoms with Crippen LogP contribution in [-0.2, 0) is 8.85 Å². The van der Waals surface area contributed by atoms with Gasteiger partial charge in [-0.25, -0.2) is 0 Å². The lowest BCUT2D eigenvalue weighted by Crippen LogP contribution is -2.45. The molecule has 1 rings (SSSR count). The molecule has 1 fully saturated rings. The SMILES string of the molecule is CCCCC(CC)C[Si]([CH]C1CC1)(OCC)OCC. The third-order valence-electron chi connectivity index (χ3n) is 4.01. The smallest absolute Gasteiger partial charge is 0.342 e. The van der Waals surface area contributed by atoms with Gasteiger partial charge < -0.3 is 8.85 Å². The van der Waals surface area contributed by atoms with Crippen LogP contribution in [0.5, 0.6) is 0 Å². The van der Waals surface area contributed by atoms with Crippen molar-refractivity contribution < 1.29 is 8.85 Å². The van der Waals surface area contributed by atoms with Crippen LogP contribution in [-0.4, -0.2) is 21.8 Å². The van der Waals surface area contributed by atoms with Gasteiger partial charge in [-0.15, -0.1) is 0 Å². The van der Waals surface area contributed by atoms with Gasteiger partial charge in [0.15, 0.2) is 0 Å². The molecule has 0 aromatic rings. The standard InChI is InChI=1S/C16H33O2Si/c1-5-9-10-15(6-2)13-19(17-7-3,18-8-4)14-16-11-12-16/h14-16H,5-13H2,1-4H3. The van der Waals surface area contributed by atoms with Gasteiger partial charge in [0, 0.05) is 19.3 Å². The van der Waals surface area contributed by atoms with E-state index in [1.807, 2.05) is 0 Å². The topological polar surface area (TPSA) is 18.5 Å². The average molecular weight is 286 g/mol. The maximum Gasteiger partial charge on any atom is 0.342 e. The summed E-state index contributed by atoms with van der Waals surface area (Å²) in [4.78, 5) is 0. The van der Waals surface area contributed by atoms with Crippen molar-refractivity contribution >= 4 is 8.56 Å². The van der Waals surface area contributed by atoms with E-state index in [-0.39, 0.29) is 0 Å². The van der Waals surface area contributed by atoms with Crippen molar-refractivity contribution in [1.29, 1.82) is 0 Å². The van der Waals surface area contributed by atoms with E-state index in [1.54, 1.807) is 0 Å². The van der Waals surface area contributed by atoms with E-state index >= 15 is 0 Å². The Morgan fingerprint density at radius 3 is 2.16 bits per heavy atom. The zero-order chi connectivity index (χ0) is 14.1. The number of rotatable bonds is 12. The van der Waals surface area contributed by atoms with Crippen molar-refractivity contribution in [2.75, 3.05) is 13.2 Å². The Hall–Kier alpha value is 0.137. The van der Waals surface area contributed by atoms with Crippen molar-refractivity contribution in [1.82, 2.24) is 0 Å². The second kappa shape index (κ2) is 9.14. The van der Waals surface area contributed by atoms with Crippen LogP contribution >= 0.6 is 0 Å². The quantitative estimate of drug-likeness (QED) is 0.476. The summed E-state index contributed by atoms with van der Waals surface area (Å²) in [7, 11) is -2.06. The van der Waals surface area contributed by atoms with E-state index in [2.05, 4.69) is 33.7 Å². The van der Waals surface area contributed by atoms with Gasteiger partial charge in [0.25, 0.3) is 0 Å². The minimum absolute atomic E-state index is 0.778. The van der Waals surface area contributed by atoms with Gasteiger partial charge >= 0.3 is 8.56 Å². The predicted molar refractivity (Wildman–Crippen MR) is 84.1 cm³/mol. The third-order valence-corrected chi connectivity index (χ3v) is 7.69. The zero-order valence-electron chi connectivity index (χ0n) is 13.4. The van der Waals surface area contributed by atoms with E-state index in [0.717, 1.165) is 25.0 Å². The molecular weight excluding hydrogens is 252 g/mol. The monoisotopic (exact) mass is 285 g/mol. The van der Waals surface area contributed by atoms with Gasteiger partial charge in [-0.1, -0.05) is 52.4 Å². The molecule has 0 saturated heterocycles. The van der Waals surface area contributed by atoms with Crippen LogP contribution in [0.15, 0.2) is 0 Å². The highest BCUT2D eigenvalue weighted by Gasteiger charge is 2.44. The first-order chi connectivity index (χ1) is 9.19. The molecule has 0 N–H and O–H groups in total. The van der Waals surface area contributed by atoms with E-state index in [1.165, 1.54) is 44.6 Å². The fourth-order valence-electron chi connectivity index (χ4n) is 2.78. The van der Waals surface area contributed by atoms with Gasteiger partial charge in [-0.3, -0.25) is 0 Å². The Morgan fingerprint density at radius 2 is 1.74 bits per heavy atom. The lowest BCUT2D eigenvalue weighted by molar-refractivity contribution is 0.181. The summed E-state index contributed by atoms with van der Waals surface area (Å²) in [5.74, 6) is 1.56. The Bertz CT molecular complexity index is 223. The van der Waals surface area contributed by atoms with Crippen molar-refractivity contribution in [3.8, 4) is 0 Å². The van der Waals surface area contributed by atoms with Gasteiger partial charge in [-0.2, -0.15) is 0 Å². The molecule has 2 nitrogen and oxygen atoms in total. The normalized spacial score (nSPS) is 17.7. The van der Waals surface area contributed by atoms with Crippen LogP contribution in [0.4, 0.5) is 0 Å². The highest BCUT2D eigenvalue weighted by molar-refractivity contribution is 6.71. The maximum atomic E-state index is 6.19.